The molecule has 0 atom stereocenters. The van der Waals surface area contributed by atoms with E-state index in [2.05, 4.69) is 38.1 Å². The zero-order chi connectivity index (χ0) is 17.9. The van der Waals surface area contributed by atoms with E-state index in [9.17, 15) is 0 Å². The highest BCUT2D eigenvalue weighted by Crippen LogP contribution is 2.27. The average molecular weight is 342 g/mol. The number of hydrogen-bond acceptors (Lipinski definition) is 2. The van der Waals surface area contributed by atoms with E-state index in [0.717, 1.165) is 22.1 Å². The molecule has 0 N–H and O–H groups in total. The molecule has 0 unspecified atom stereocenters. The van der Waals surface area contributed by atoms with Crippen LogP contribution in [-0.2, 0) is 12.8 Å². The number of unbranched alkanes of at least 4 members (excludes halogenated alkanes) is 2. The lowest BCUT2D eigenvalue weighted by Gasteiger charge is -2.12. The SMILES string of the molecule is CCCCc1cc2cc3nc4ccccc4nc3cc2cc1CCCC. The van der Waals surface area contributed by atoms with E-state index in [0.29, 0.717) is 0 Å². The normalized spacial score (nSPS) is 11.6. The Morgan fingerprint density at radius 3 is 1.50 bits per heavy atom. The third kappa shape index (κ3) is 3.29. The Balaban J connectivity index is 1.88. The van der Waals surface area contributed by atoms with Crippen molar-refractivity contribution in [2.75, 3.05) is 0 Å². The monoisotopic (exact) mass is 342 g/mol. The number of nitrogens with zero attached hydrogens (tertiary/aromatic N) is 2. The molecule has 0 saturated carbocycles. The lowest BCUT2D eigenvalue weighted by atomic mass is 9.94. The Labute approximate surface area is 155 Å². The molecule has 4 rings (SSSR count). The van der Waals surface area contributed by atoms with Crippen LogP contribution < -0.4 is 0 Å². The first-order valence-corrected chi connectivity index (χ1v) is 9.90. The molecule has 0 saturated heterocycles. The van der Waals surface area contributed by atoms with E-state index in [1.165, 1.54) is 60.4 Å². The first-order chi connectivity index (χ1) is 12.8. The van der Waals surface area contributed by atoms with Crippen molar-refractivity contribution in [3.8, 4) is 0 Å². The molecule has 2 nitrogen and oxygen atoms in total. The number of fused-ring (bicyclic) bond motifs is 3. The van der Waals surface area contributed by atoms with Crippen LogP contribution >= 0.6 is 0 Å². The van der Waals surface area contributed by atoms with E-state index in [4.69, 9.17) is 9.97 Å². The second-order valence-corrected chi connectivity index (χ2v) is 7.23. The van der Waals surface area contributed by atoms with Crippen molar-refractivity contribution in [3.05, 3.63) is 59.7 Å². The van der Waals surface area contributed by atoms with Crippen LogP contribution in [0.4, 0.5) is 0 Å². The van der Waals surface area contributed by atoms with E-state index in [1.54, 1.807) is 0 Å². The van der Waals surface area contributed by atoms with Crippen molar-refractivity contribution in [2.24, 2.45) is 0 Å². The molecule has 0 amide bonds. The van der Waals surface area contributed by atoms with Gasteiger partial charge in [-0.15, -0.1) is 0 Å². The van der Waals surface area contributed by atoms with Gasteiger partial charge in [-0.3, -0.25) is 0 Å². The Morgan fingerprint density at radius 2 is 1.08 bits per heavy atom. The van der Waals surface area contributed by atoms with Crippen molar-refractivity contribution in [1.29, 1.82) is 0 Å². The van der Waals surface area contributed by atoms with Crippen LogP contribution in [-0.4, -0.2) is 9.97 Å². The van der Waals surface area contributed by atoms with E-state index in [1.807, 2.05) is 24.3 Å². The third-order valence-corrected chi connectivity index (χ3v) is 5.22. The van der Waals surface area contributed by atoms with Crippen LogP contribution in [0.2, 0.25) is 0 Å². The maximum atomic E-state index is 4.83. The van der Waals surface area contributed by atoms with Gasteiger partial charge >= 0.3 is 0 Å². The molecule has 3 aromatic carbocycles. The molecule has 0 aliphatic carbocycles. The maximum absolute atomic E-state index is 4.83. The lowest BCUT2D eigenvalue weighted by molar-refractivity contribution is 0.759. The van der Waals surface area contributed by atoms with Crippen LogP contribution in [0.1, 0.15) is 50.7 Å². The fourth-order valence-corrected chi connectivity index (χ4v) is 3.71. The quantitative estimate of drug-likeness (QED) is 0.368. The molecular formula is C24H26N2. The van der Waals surface area contributed by atoms with Crippen molar-refractivity contribution in [1.82, 2.24) is 9.97 Å². The maximum Gasteiger partial charge on any atom is 0.0901 e. The number of rotatable bonds is 6. The molecule has 132 valence electrons. The highest BCUT2D eigenvalue weighted by atomic mass is 14.8. The zero-order valence-corrected chi connectivity index (χ0v) is 15.8. The number of para-hydroxylation sites is 2. The smallest absolute Gasteiger partial charge is 0.0901 e. The van der Waals surface area contributed by atoms with Crippen molar-refractivity contribution < 1.29 is 0 Å². The van der Waals surface area contributed by atoms with Crippen molar-refractivity contribution >= 4 is 32.8 Å². The number of aryl methyl sites for hydroxylation is 2. The summed E-state index contributed by atoms with van der Waals surface area (Å²) < 4.78 is 0. The topological polar surface area (TPSA) is 25.8 Å². The summed E-state index contributed by atoms with van der Waals surface area (Å²) in [5.41, 5.74) is 6.93. The van der Waals surface area contributed by atoms with E-state index in [-0.39, 0.29) is 0 Å². The Morgan fingerprint density at radius 1 is 0.615 bits per heavy atom. The zero-order valence-electron chi connectivity index (χ0n) is 15.8. The highest BCUT2D eigenvalue weighted by Gasteiger charge is 2.08. The Kier molecular flexibility index (Phi) is 4.83. The fraction of sp³-hybridized carbons (Fsp3) is 0.333. The van der Waals surface area contributed by atoms with Crippen LogP contribution in [0, 0.1) is 0 Å². The van der Waals surface area contributed by atoms with Gasteiger partial charge in [0, 0.05) is 0 Å². The number of hydrogen-bond donors (Lipinski definition) is 0. The van der Waals surface area contributed by atoms with E-state index >= 15 is 0 Å². The predicted octanol–water partition coefficient (Wildman–Crippen LogP) is 6.62. The molecule has 0 radical (unpaired) electrons. The standard InChI is InChI=1S/C24H26N2/c1-3-5-9-17-13-19-15-23-24(16-20(19)14-18(17)10-6-4-2)26-22-12-8-7-11-21(22)25-23/h7-8,11-16H,3-6,9-10H2,1-2H3. The van der Waals surface area contributed by atoms with Gasteiger partial charge in [0.05, 0.1) is 22.1 Å². The minimum Gasteiger partial charge on any atom is -0.244 e. The predicted molar refractivity (Wildman–Crippen MR) is 112 cm³/mol. The molecule has 26 heavy (non-hydrogen) atoms. The van der Waals surface area contributed by atoms with Gasteiger partial charge in [-0.2, -0.15) is 0 Å². The van der Waals surface area contributed by atoms with Crippen LogP contribution in [0.5, 0.6) is 0 Å². The first kappa shape index (κ1) is 17.0. The van der Waals surface area contributed by atoms with Gasteiger partial charge in [0.2, 0.25) is 0 Å². The summed E-state index contributed by atoms with van der Waals surface area (Å²) >= 11 is 0. The van der Waals surface area contributed by atoms with Gasteiger partial charge in [0.15, 0.2) is 0 Å². The average Bonchev–Trinajstić information content (AvgIpc) is 2.67. The summed E-state index contributed by atoms with van der Waals surface area (Å²) in [6.45, 7) is 4.53. The Bertz CT molecular complexity index is 980. The molecule has 1 heterocycles. The summed E-state index contributed by atoms with van der Waals surface area (Å²) in [6.07, 6.45) is 7.33. The van der Waals surface area contributed by atoms with Crippen molar-refractivity contribution in [2.45, 2.75) is 52.4 Å². The fourth-order valence-electron chi connectivity index (χ4n) is 3.71. The largest absolute Gasteiger partial charge is 0.244 e. The number of benzene rings is 3. The molecule has 2 heteroatoms. The molecular weight excluding hydrogens is 316 g/mol. The second kappa shape index (κ2) is 7.41. The summed E-state index contributed by atoms with van der Waals surface area (Å²) in [4.78, 5) is 9.66. The van der Waals surface area contributed by atoms with Crippen LogP contribution in [0.3, 0.4) is 0 Å². The van der Waals surface area contributed by atoms with Gasteiger partial charge in [0.25, 0.3) is 0 Å². The van der Waals surface area contributed by atoms with Gasteiger partial charge in [-0.25, -0.2) is 9.97 Å². The summed E-state index contributed by atoms with van der Waals surface area (Å²) in [6, 6.07) is 17.3. The van der Waals surface area contributed by atoms with Crippen molar-refractivity contribution in [3.63, 3.8) is 0 Å². The van der Waals surface area contributed by atoms with Gasteiger partial charge in [-0.05, 0) is 71.8 Å². The van der Waals surface area contributed by atoms with E-state index < -0.39 is 0 Å². The lowest BCUT2D eigenvalue weighted by Crippen LogP contribution is -1.96. The molecule has 4 aromatic rings. The molecule has 0 bridgehead atoms. The van der Waals surface area contributed by atoms with Crippen LogP contribution in [0.15, 0.2) is 48.5 Å². The summed E-state index contributed by atoms with van der Waals surface area (Å²) in [5.74, 6) is 0. The van der Waals surface area contributed by atoms with Gasteiger partial charge in [0.1, 0.15) is 0 Å². The minimum absolute atomic E-state index is 0.963. The van der Waals surface area contributed by atoms with Gasteiger partial charge in [-0.1, -0.05) is 51.0 Å². The Hall–Kier alpha value is -2.48. The third-order valence-electron chi connectivity index (χ3n) is 5.22. The minimum atomic E-state index is 0.963. The second-order valence-electron chi connectivity index (χ2n) is 7.23. The molecule has 0 aliphatic rings. The van der Waals surface area contributed by atoms with Crippen LogP contribution in [0.25, 0.3) is 32.8 Å². The summed E-state index contributed by atoms with van der Waals surface area (Å²) in [5, 5.41) is 2.57. The molecule has 0 fully saturated rings. The van der Waals surface area contributed by atoms with Gasteiger partial charge < -0.3 is 0 Å². The summed E-state index contributed by atoms with van der Waals surface area (Å²) in [7, 11) is 0. The number of aromatic nitrogens is 2. The highest BCUT2D eigenvalue weighted by molar-refractivity contribution is 5.98. The molecule has 0 spiro atoms. The molecule has 0 aliphatic heterocycles. The molecule has 1 aromatic heterocycles. The first-order valence-electron chi connectivity index (χ1n) is 9.90.